The Morgan fingerprint density at radius 1 is 1.08 bits per heavy atom. The number of hydrogen-bond donors (Lipinski definition) is 1. The summed E-state index contributed by atoms with van der Waals surface area (Å²) in [6.07, 6.45) is 5.43. The van der Waals surface area contributed by atoms with Crippen LogP contribution in [0.3, 0.4) is 0 Å². The summed E-state index contributed by atoms with van der Waals surface area (Å²) in [6, 6.07) is 4.47. The Morgan fingerprint density at radius 3 is 2.20 bits per heavy atom. The number of nitrogens with one attached hydrogen (secondary N) is 1. The van der Waals surface area contributed by atoms with Gasteiger partial charge in [0.15, 0.2) is 0 Å². The molecule has 0 atom stereocenters. The average Bonchev–Trinajstić information content (AvgIpc) is 2.44. The number of amides is 1. The first-order valence-corrected chi connectivity index (χ1v) is 10.6. The van der Waals surface area contributed by atoms with Crippen molar-refractivity contribution in [2.75, 3.05) is 13.1 Å². The predicted molar refractivity (Wildman–Crippen MR) is 101 cm³/mol. The summed E-state index contributed by atoms with van der Waals surface area (Å²) < 4.78 is 27.8. The average molecular weight is 387 g/mol. The molecule has 0 aromatic heterocycles. The van der Waals surface area contributed by atoms with Crippen LogP contribution in [0.4, 0.5) is 0 Å². The maximum atomic E-state index is 12.8. The van der Waals surface area contributed by atoms with Crippen molar-refractivity contribution in [2.45, 2.75) is 63.3 Å². The highest BCUT2D eigenvalue weighted by Crippen LogP contribution is 2.25. The Kier molecular flexibility index (Phi) is 6.51. The van der Waals surface area contributed by atoms with E-state index < -0.39 is 15.6 Å². The van der Waals surface area contributed by atoms with E-state index in [0.717, 1.165) is 25.7 Å². The Balaban J connectivity index is 2.30. The van der Waals surface area contributed by atoms with E-state index in [-0.39, 0.29) is 15.8 Å². The van der Waals surface area contributed by atoms with Crippen LogP contribution in [0.1, 0.15) is 63.2 Å². The molecular weight excluding hydrogens is 360 g/mol. The van der Waals surface area contributed by atoms with E-state index >= 15 is 0 Å². The van der Waals surface area contributed by atoms with Gasteiger partial charge < -0.3 is 4.90 Å². The first-order valence-electron chi connectivity index (χ1n) is 8.73. The zero-order chi connectivity index (χ0) is 18.7. The predicted octanol–water partition coefficient (Wildman–Crippen LogP) is 3.82. The van der Waals surface area contributed by atoms with E-state index in [1.165, 1.54) is 18.6 Å². The lowest BCUT2D eigenvalue weighted by molar-refractivity contribution is 0.0742. The number of carbonyl (C=O) groups is 1. The van der Waals surface area contributed by atoms with Gasteiger partial charge in [0, 0.05) is 24.2 Å². The molecule has 0 aliphatic carbocycles. The zero-order valence-electron chi connectivity index (χ0n) is 15.1. The SMILES string of the molecule is CC(C)(C)NS(=O)(=O)c1cc(C(=O)N2CCCCCCC2)ccc1Cl. The van der Waals surface area contributed by atoms with Gasteiger partial charge in [-0.15, -0.1) is 0 Å². The monoisotopic (exact) mass is 386 g/mol. The third-order valence-corrected chi connectivity index (χ3v) is 6.29. The molecule has 0 saturated carbocycles. The van der Waals surface area contributed by atoms with Gasteiger partial charge in [-0.2, -0.15) is 0 Å². The molecule has 0 unspecified atom stereocenters. The molecule has 7 heteroatoms. The number of likely N-dealkylation sites (tertiary alicyclic amines) is 1. The van der Waals surface area contributed by atoms with Gasteiger partial charge in [-0.3, -0.25) is 4.79 Å². The Morgan fingerprint density at radius 2 is 1.64 bits per heavy atom. The first kappa shape index (κ1) is 20.2. The lowest BCUT2D eigenvalue weighted by atomic mass is 10.1. The van der Waals surface area contributed by atoms with Gasteiger partial charge in [0.05, 0.1) is 5.02 Å². The number of benzene rings is 1. The van der Waals surface area contributed by atoms with Gasteiger partial charge in [0.25, 0.3) is 5.91 Å². The minimum absolute atomic E-state index is 0.0537. The molecule has 0 radical (unpaired) electrons. The fourth-order valence-corrected chi connectivity index (χ4v) is 4.88. The smallest absolute Gasteiger partial charge is 0.253 e. The third kappa shape index (κ3) is 5.69. The quantitative estimate of drug-likeness (QED) is 0.858. The molecule has 0 spiro atoms. The molecule has 140 valence electrons. The molecule has 2 rings (SSSR count). The van der Waals surface area contributed by atoms with E-state index in [1.54, 1.807) is 26.8 Å². The van der Waals surface area contributed by atoms with Gasteiger partial charge in [-0.1, -0.05) is 30.9 Å². The Bertz CT molecular complexity index is 718. The number of sulfonamides is 1. The molecule has 25 heavy (non-hydrogen) atoms. The van der Waals surface area contributed by atoms with Gasteiger partial charge in [-0.25, -0.2) is 13.1 Å². The minimum Gasteiger partial charge on any atom is -0.339 e. The number of nitrogens with zero attached hydrogens (tertiary/aromatic N) is 1. The van der Waals surface area contributed by atoms with Crippen LogP contribution in [0.25, 0.3) is 0 Å². The zero-order valence-corrected chi connectivity index (χ0v) is 16.7. The van der Waals surface area contributed by atoms with Crippen molar-refractivity contribution in [3.05, 3.63) is 28.8 Å². The molecule has 1 heterocycles. The molecule has 1 fully saturated rings. The third-order valence-electron chi connectivity index (χ3n) is 4.05. The summed E-state index contributed by atoms with van der Waals surface area (Å²) in [5, 5.41) is 0.112. The fraction of sp³-hybridized carbons (Fsp3) is 0.611. The van der Waals surface area contributed by atoms with Gasteiger partial charge in [0.1, 0.15) is 4.90 Å². The number of carbonyl (C=O) groups excluding carboxylic acids is 1. The lowest BCUT2D eigenvalue weighted by Crippen LogP contribution is -2.40. The van der Waals surface area contributed by atoms with Crippen LogP contribution < -0.4 is 4.72 Å². The van der Waals surface area contributed by atoms with Crippen molar-refractivity contribution in [2.24, 2.45) is 0 Å². The second kappa shape index (κ2) is 8.06. The number of hydrogen-bond acceptors (Lipinski definition) is 3. The summed E-state index contributed by atoms with van der Waals surface area (Å²) in [4.78, 5) is 14.6. The van der Waals surface area contributed by atoms with Crippen LogP contribution in [0.15, 0.2) is 23.1 Å². The molecular formula is C18H27ClN2O3S. The van der Waals surface area contributed by atoms with Crippen molar-refractivity contribution in [3.63, 3.8) is 0 Å². The number of rotatable bonds is 3. The topological polar surface area (TPSA) is 66.5 Å². The summed E-state index contributed by atoms with van der Waals surface area (Å²) in [5.41, 5.74) is -0.273. The molecule has 1 aliphatic heterocycles. The number of halogens is 1. The van der Waals surface area contributed by atoms with E-state index in [2.05, 4.69) is 4.72 Å². The van der Waals surface area contributed by atoms with E-state index in [0.29, 0.717) is 18.7 Å². The molecule has 1 saturated heterocycles. The van der Waals surface area contributed by atoms with Crippen molar-refractivity contribution in [1.29, 1.82) is 0 Å². The summed E-state index contributed by atoms with van der Waals surface area (Å²) >= 11 is 6.10. The summed E-state index contributed by atoms with van der Waals surface area (Å²) in [7, 11) is -3.80. The van der Waals surface area contributed by atoms with Crippen molar-refractivity contribution in [1.82, 2.24) is 9.62 Å². The molecule has 0 bridgehead atoms. The normalized spacial score (nSPS) is 17.0. The Hall–Kier alpha value is -1.11. The fourth-order valence-electron chi connectivity index (χ4n) is 2.93. The van der Waals surface area contributed by atoms with Crippen LogP contribution in [0.5, 0.6) is 0 Å². The molecule has 1 aromatic carbocycles. The highest BCUT2D eigenvalue weighted by Gasteiger charge is 2.26. The largest absolute Gasteiger partial charge is 0.339 e. The van der Waals surface area contributed by atoms with E-state index in [1.807, 2.05) is 4.90 Å². The van der Waals surface area contributed by atoms with Gasteiger partial charge >= 0.3 is 0 Å². The highest BCUT2D eigenvalue weighted by atomic mass is 35.5. The standard InChI is InChI=1S/C18H27ClN2O3S/c1-18(2,3)20-25(23,24)16-13-14(9-10-15(16)19)17(22)21-11-7-5-4-6-8-12-21/h9-10,13,20H,4-8,11-12H2,1-3H3. The molecule has 5 nitrogen and oxygen atoms in total. The van der Waals surface area contributed by atoms with Gasteiger partial charge in [0.2, 0.25) is 10.0 Å². The summed E-state index contributed by atoms with van der Waals surface area (Å²) in [6.45, 7) is 6.70. The lowest BCUT2D eigenvalue weighted by Gasteiger charge is -2.25. The second-order valence-electron chi connectivity index (χ2n) is 7.56. The molecule has 1 amide bonds. The second-order valence-corrected chi connectivity index (χ2v) is 9.62. The maximum Gasteiger partial charge on any atom is 0.253 e. The van der Waals surface area contributed by atoms with Crippen LogP contribution in [-0.4, -0.2) is 37.9 Å². The molecule has 1 aromatic rings. The first-order chi connectivity index (χ1) is 11.6. The van der Waals surface area contributed by atoms with Crippen molar-refractivity contribution < 1.29 is 13.2 Å². The van der Waals surface area contributed by atoms with Crippen LogP contribution in [0.2, 0.25) is 5.02 Å². The minimum atomic E-state index is -3.80. The van der Waals surface area contributed by atoms with Gasteiger partial charge in [-0.05, 0) is 51.8 Å². The Labute approximate surface area is 155 Å². The molecule has 1 aliphatic rings. The maximum absolute atomic E-state index is 12.8. The highest BCUT2D eigenvalue weighted by molar-refractivity contribution is 7.89. The van der Waals surface area contributed by atoms with Crippen molar-refractivity contribution >= 4 is 27.5 Å². The van der Waals surface area contributed by atoms with E-state index in [4.69, 9.17) is 11.6 Å². The van der Waals surface area contributed by atoms with Crippen LogP contribution in [0, 0.1) is 0 Å². The summed E-state index contributed by atoms with van der Waals surface area (Å²) in [5.74, 6) is -0.134. The van der Waals surface area contributed by atoms with E-state index in [9.17, 15) is 13.2 Å². The van der Waals surface area contributed by atoms with Crippen LogP contribution in [-0.2, 0) is 10.0 Å². The van der Waals surface area contributed by atoms with Crippen molar-refractivity contribution in [3.8, 4) is 0 Å². The molecule has 1 N–H and O–H groups in total. The van der Waals surface area contributed by atoms with Crippen LogP contribution >= 0.6 is 11.6 Å².